The molecule has 0 aliphatic rings. The van der Waals surface area contributed by atoms with E-state index in [9.17, 15) is 14.4 Å². The zero-order chi connectivity index (χ0) is 31.2. The summed E-state index contributed by atoms with van der Waals surface area (Å²) in [6.07, 6.45) is 3.59. The molecular formula is C33H38N4O5S. The summed E-state index contributed by atoms with van der Waals surface area (Å²) in [6.45, 7) is 11.6. The third kappa shape index (κ3) is 9.10. The molecule has 9 nitrogen and oxygen atoms in total. The first kappa shape index (κ1) is 31.7. The molecule has 0 aliphatic carbocycles. The minimum atomic E-state index is -0.990. The van der Waals surface area contributed by atoms with Gasteiger partial charge in [0.25, 0.3) is 11.8 Å². The molecule has 1 atom stereocenters. The number of esters is 1. The number of anilines is 1. The van der Waals surface area contributed by atoms with Crippen LogP contribution in [0.2, 0.25) is 0 Å². The van der Waals surface area contributed by atoms with Crippen LogP contribution in [-0.4, -0.2) is 45.6 Å². The van der Waals surface area contributed by atoms with Crippen LogP contribution in [0.5, 0.6) is 0 Å². The average Bonchev–Trinajstić information content (AvgIpc) is 3.63. The lowest BCUT2D eigenvalue weighted by molar-refractivity contribution is -0.119. The third-order valence-electron chi connectivity index (χ3n) is 6.30. The second-order valence-electron chi connectivity index (χ2n) is 12.1. The van der Waals surface area contributed by atoms with Crippen molar-refractivity contribution in [2.24, 2.45) is 0 Å². The number of ether oxygens (including phenoxy) is 2. The first-order valence-corrected chi connectivity index (χ1v) is 14.9. The maximum absolute atomic E-state index is 13.4. The molecule has 0 saturated carbocycles. The van der Waals surface area contributed by atoms with Gasteiger partial charge in [-0.15, -0.1) is 11.3 Å². The average molecular weight is 603 g/mol. The lowest BCUT2D eigenvalue weighted by Crippen LogP contribution is -2.46. The van der Waals surface area contributed by atoms with Gasteiger partial charge in [0.2, 0.25) is 0 Å². The van der Waals surface area contributed by atoms with E-state index < -0.39 is 29.4 Å². The molecule has 10 heteroatoms. The normalized spacial score (nSPS) is 12.4. The largest absolute Gasteiger partial charge is 0.456 e. The van der Waals surface area contributed by atoms with Gasteiger partial charge < -0.3 is 24.7 Å². The first-order chi connectivity index (χ1) is 20.3. The van der Waals surface area contributed by atoms with Gasteiger partial charge in [-0.2, -0.15) is 0 Å². The molecule has 0 aliphatic heterocycles. The van der Waals surface area contributed by atoms with Crippen molar-refractivity contribution >= 4 is 34.3 Å². The van der Waals surface area contributed by atoms with Gasteiger partial charge in [0.05, 0.1) is 30.0 Å². The Morgan fingerprint density at radius 2 is 1.63 bits per heavy atom. The summed E-state index contributed by atoms with van der Waals surface area (Å²) in [6, 6.07) is 17.3. The lowest BCUT2D eigenvalue weighted by Gasteiger charge is -2.21. The highest BCUT2D eigenvalue weighted by molar-refractivity contribution is 7.14. The van der Waals surface area contributed by atoms with E-state index in [1.165, 1.54) is 11.3 Å². The van der Waals surface area contributed by atoms with Crippen LogP contribution >= 0.6 is 11.3 Å². The Hall–Kier alpha value is -4.28. The van der Waals surface area contributed by atoms with Crippen LogP contribution in [0.1, 0.15) is 67.8 Å². The van der Waals surface area contributed by atoms with E-state index in [1.54, 1.807) is 36.5 Å². The number of benzene rings is 2. The van der Waals surface area contributed by atoms with E-state index in [0.29, 0.717) is 16.3 Å². The number of nitrogens with zero attached hydrogens (tertiary/aromatic N) is 2. The van der Waals surface area contributed by atoms with Crippen LogP contribution in [0.25, 0.3) is 11.3 Å². The van der Waals surface area contributed by atoms with Gasteiger partial charge in [0, 0.05) is 28.9 Å². The Morgan fingerprint density at radius 3 is 2.26 bits per heavy atom. The van der Waals surface area contributed by atoms with Gasteiger partial charge in [0.1, 0.15) is 11.6 Å². The molecule has 0 fully saturated rings. The van der Waals surface area contributed by atoms with Crippen molar-refractivity contribution in [2.45, 2.75) is 65.3 Å². The number of amides is 2. The molecule has 2 N–H and O–H groups in total. The predicted octanol–water partition coefficient (Wildman–Crippen LogP) is 6.28. The Balaban J connectivity index is 1.43. The SMILES string of the molecule is CC(C)(C)OC(=O)c1ccc(COCC(NC(=O)c2ccn(C(C)(C)C)c2)C(=O)Nc2nc(-c3ccccc3)cs2)cc1. The molecule has 0 radical (unpaired) electrons. The Labute approximate surface area is 256 Å². The standard InChI is InChI=1S/C33H38N4O5S/c1-32(2,3)37-17-16-25(18-37)28(38)34-26(29(39)36-31-35-27(21-43-31)23-10-8-7-9-11-23)20-41-19-22-12-14-24(15-13-22)30(40)42-33(4,5)6/h7-18,21,26H,19-20H2,1-6H3,(H,34,38)(H,35,36,39). The lowest BCUT2D eigenvalue weighted by atomic mass is 10.1. The van der Waals surface area contributed by atoms with E-state index in [2.05, 4.69) is 15.6 Å². The zero-order valence-electron chi connectivity index (χ0n) is 25.3. The maximum Gasteiger partial charge on any atom is 0.338 e. The van der Waals surface area contributed by atoms with E-state index >= 15 is 0 Å². The van der Waals surface area contributed by atoms with E-state index in [1.807, 2.05) is 88.0 Å². The monoisotopic (exact) mass is 602 g/mol. The number of thiazole rings is 1. The fourth-order valence-electron chi connectivity index (χ4n) is 4.01. The summed E-state index contributed by atoms with van der Waals surface area (Å²) >= 11 is 1.30. The highest BCUT2D eigenvalue weighted by Crippen LogP contribution is 2.25. The molecule has 0 bridgehead atoms. The molecule has 2 amide bonds. The summed E-state index contributed by atoms with van der Waals surface area (Å²) in [7, 11) is 0. The van der Waals surface area contributed by atoms with Crippen molar-refractivity contribution in [2.75, 3.05) is 11.9 Å². The molecule has 43 heavy (non-hydrogen) atoms. The van der Waals surface area contributed by atoms with Gasteiger partial charge in [-0.1, -0.05) is 42.5 Å². The van der Waals surface area contributed by atoms with E-state index in [4.69, 9.17) is 9.47 Å². The number of carbonyl (C=O) groups is 3. The highest BCUT2D eigenvalue weighted by Gasteiger charge is 2.25. The van der Waals surface area contributed by atoms with E-state index in [0.717, 1.165) is 16.8 Å². The quantitative estimate of drug-likeness (QED) is 0.207. The van der Waals surface area contributed by atoms with Crippen LogP contribution in [0.15, 0.2) is 78.4 Å². The minimum Gasteiger partial charge on any atom is -0.456 e. The van der Waals surface area contributed by atoms with Crippen molar-refractivity contribution in [3.63, 3.8) is 0 Å². The second-order valence-corrected chi connectivity index (χ2v) is 13.0. The van der Waals surface area contributed by atoms with Gasteiger partial charge in [0.15, 0.2) is 5.13 Å². The van der Waals surface area contributed by atoms with Crippen LogP contribution in [0.4, 0.5) is 5.13 Å². The van der Waals surface area contributed by atoms with Crippen LogP contribution in [0.3, 0.4) is 0 Å². The molecular weight excluding hydrogens is 564 g/mol. The second kappa shape index (κ2) is 13.4. The summed E-state index contributed by atoms with van der Waals surface area (Å²) in [5, 5.41) is 7.92. The van der Waals surface area contributed by atoms with Gasteiger partial charge in [-0.3, -0.25) is 9.59 Å². The summed E-state index contributed by atoms with van der Waals surface area (Å²) in [4.78, 5) is 43.4. The van der Waals surface area contributed by atoms with Gasteiger partial charge >= 0.3 is 5.97 Å². The molecule has 1 unspecified atom stereocenters. The van der Waals surface area contributed by atoms with Crippen molar-refractivity contribution in [1.29, 1.82) is 0 Å². The fourth-order valence-corrected chi connectivity index (χ4v) is 4.73. The highest BCUT2D eigenvalue weighted by atomic mass is 32.1. The zero-order valence-corrected chi connectivity index (χ0v) is 26.2. The fraction of sp³-hybridized carbons (Fsp3) is 0.333. The van der Waals surface area contributed by atoms with Crippen molar-refractivity contribution in [1.82, 2.24) is 14.9 Å². The molecule has 2 aromatic heterocycles. The Morgan fingerprint density at radius 1 is 0.930 bits per heavy atom. The van der Waals surface area contributed by atoms with Crippen LogP contribution in [0, 0.1) is 0 Å². The topological polar surface area (TPSA) is 112 Å². The molecule has 226 valence electrons. The first-order valence-electron chi connectivity index (χ1n) is 14.0. The summed E-state index contributed by atoms with van der Waals surface area (Å²) in [5.74, 6) is -1.24. The van der Waals surface area contributed by atoms with Gasteiger partial charge in [-0.25, -0.2) is 9.78 Å². The number of hydrogen-bond donors (Lipinski definition) is 2. The van der Waals surface area contributed by atoms with Gasteiger partial charge in [-0.05, 0) is 65.3 Å². The minimum absolute atomic E-state index is 0.0811. The number of nitrogens with one attached hydrogen (secondary N) is 2. The number of hydrogen-bond acceptors (Lipinski definition) is 7. The van der Waals surface area contributed by atoms with Crippen LogP contribution < -0.4 is 10.6 Å². The maximum atomic E-state index is 13.4. The third-order valence-corrected chi connectivity index (χ3v) is 7.05. The molecule has 0 saturated heterocycles. The van der Waals surface area contributed by atoms with Crippen molar-refractivity contribution in [3.8, 4) is 11.3 Å². The number of rotatable bonds is 10. The Kier molecular flexibility index (Phi) is 9.83. The Bertz CT molecular complexity index is 1550. The molecule has 4 aromatic rings. The van der Waals surface area contributed by atoms with E-state index in [-0.39, 0.29) is 18.8 Å². The smallest absolute Gasteiger partial charge is 0.338 e. The molecule has 2 aromatic carbocycles. The number of aromatic nitrogens is 2. The van der Waals surface area contributed by atoms with Crippen molar-refractivity contribution in [3.05, 3.63) is 95.1 Å². The molecule has 4 rings (SSSR count). The van der Waals surface area contributed by atoms with Crippen LogP contribution in [-0.2, 0) is 26.4 Å². The van der Waals surface area contributed by atoms with Crippen molar-refractivity contribution < 1.29 is 23.9 Å². The predicted molar refractivity (Wildman–Crippen MR) is 168 cm³/mol. The molecule has 0 spiro atoms. The number of carbonyl (C=O) groups excluding carboxylic acids is 3. The summed E-state index contributed by atoms with van der Waals surface area (Å²) < 4.78 is 13.2. The summed E-state index contributed by atoms with van der Waals surface area (Å²) in [5.41, 5.74) is 2.57. The molecule has 2 heterocycles.